The van der Waals surface area contributed by atoms with Gasteiger partial charge in [0.15, 0.2) is 5.78 Å². The molecule has 0 saturated carbocycles. The highest BCUT2D eigenvalue weighted by Gasteiger charge is 2.31. The first-order chi connectivity index (χ1) is 11.8. The average molecular weight is 360 g/mol. The molecule has 0 amide bonds. The third kappa shape index (κ3) is 5.80. The van der Waals surface area contributed by atoms with Gasteiger partial charge in [0, 0.05) is 6.42 Å². The molecule has 0 bridgehead atoms. The van der Waals surface area contributed by atoms with Crippen molar-refractivity contribution in [1.82, 2.24) is 0 Å². The summed E-state index contributed by atoms with van der Waals surface area (Å²) >= 11 is 0. The molecule has 0 unspecified atom stereocenters. The number of Topliss-reactive ketones (excluding diaryl/α,β-unsaturated/α-hetero) is 1. The van der Waals surface area contributed by atoms with Crippen LogP contribution in [0.3, 0.4) is 0 Å². The Labute approximate surface area is 157 Å². The molecule has 1 aromatic carbocycles. The SMILES string of the molecule is C=C(C)C(=O)C(C)(C)OCCC(C)(C)OC(=O)c1cc(C)cc(C)c1C. The molecule has 0 spiro atoms. The van der Waals surface area contributed by atoms with Crippen molar-refractivity contribution in [2.24, 2.45) is 0 Å². The van der Waals surface area contributed by atoms with E-state index < -0.39 is 11.2 Å². The zero-order valence-electron chi connectivity index (χ0n) is 17.4. The second-order valence-electron chi connectivity index (χ2n) is 8.12. The Kier molecular flexibility index (Phi) is 6.95. The number of hydrogen-bond acceptors (Lipinski definition) is 4. The molecule has 0 fully saturated rings. The molecule has 0 aromatic heterocycles. The fourth-order valence-electron chi connectivity index (χ4n) is 2.74. The van der Waals surface area contributed by atoms with Crippen molar-refractivity contribution in [2.45, 2.75) is 73.0 Å². The second kappa shape index (κ2) is 8.17. The summed E-state index contributed by atoms with van der Waals surface area (Å²) in [6.07, 6.45) is 0.482. The minimum Gasteiger partial charge on any atom is -0.456 e. The van der Waals surface area contributed by atoms with Crippen LogP contribution in [0.25, 0.3) is 0 Å². The maximum absolute atomic E-state index is 12.6. The van der Waals surface area contributed by atoms with Gasteiger partial charge in [-0.2, -0.15) is 0 Å². The Balaban J connectivity index is 2.74. The molecule has 0 aliphatic rings. The quantitative estimate of drug-likeness (QED) is 0.490. The molecule has 144 valence electrons. The summed E-state index contributed by atoms with van der Waals surface area (Å²) in [4.78, 5) is 24.7. The van der Waals surface area contributed by atoms with Gasteiger partial charge in [0.25, 0.3) is 0 Å². The number of benzene rings is 1. The first-order valence-corrected chi connectivity index (χ1v) is 8.92. The van der Waals surface area contributed by atoms with Gasteiger partial charge >= 0.3 is 5.97 Å². The summed E-state index contributed by atoms with van der Waals surface area (Å²) in [5.41, 5.74) is 2.44. The third-order valence-corrected chi connectivity index (χ3v) is 4.50. The Morgan fingerprint density at radius 2 is 1.65 bits per heavy atom. The van der Waals surface area contributed by atoms with Crippen LogP contribution in [-0.2, 0) is 14.3 Å². The van der Waals surface area contributed by atoms with Gasteiger partial charge in [0.05, 0.1) is 12.2 Å². The van der Waals surface area contributed by atoms with E-state index in [1.807, 2.05) is 46.8 Å². The molecule has 0 heterocycles. The zero-order chi connectivity index (χ0) is 20.3. The van der Waals surface area contributed by atoms with Gasteiger partial charge in [0.1, 0.15) is 11.2 Å². The van der Waals surface area contributed by atoms with E-state index in [0.29, 0.717) is 24.2 Å². The van der Waals surface area contributed by atoms with Crippen LogP contribution < -0.4 is 0 Å². The van der Waals surface area contributed by atoms with Gasteiger partial charge in [-0.3, -0.25) is 4.79 Å². The number of carbonyl (C=O) groups is 2. The van der Waals surface area contributed by atoms with Crippen molar-refractivity contribution in [2.75, 3.05) is 6.61 Å². The lowest BCUT2D eigenvalue weighted by Crippen LogP contribution is -2.38. The van der Waals surface area contributed by atoms with Crippen LogP contribution in [0.15, 0.2) is 24.3 Å². The molecule has 0 saturated heterocycles. The molecule has 1 rings (SSSR count). The summed E-state index contributed by atoms with van der Waals surface area (Å²) in [6, 6.07) is 3.90. The smallest absolute Gasteiger partial charge is 0.338 e. The predicted octanol–water partition coefficient (Wildman–Crippen LogP) is 4.88. The van der Waals surface area contributed by atoms with Crippen LogP contribution in [0.2, 0.25) is 0 Å². The Bertz CT molecular complexity index is 711. The van der Waals surface area contributed by atoms with Crippen molar-refractivity contribution in [1.29, 1.82) is 0 Å². The summed E-state index contributed by atoms with van der Waals surface area (Å²) in [7, 11) is 0. The topological polar surface area (TPSA) is 52.6 Å². The van der Waals surface area contributed by atoms with Gasteiger partial charge in [-0.05, 0) is 83.7 Å². The van der Waals surface area contributed by atoms with Gasteiger partial charge in [-0.25, -0.2) is 4.79 Å². The molecular weight excluding hydrogens is 328 g/mol. The molecule has 1 aromatic rings. The molecule has 0 radical (unpaired) electrons. The maximum Gasteiger partial charge on any atom is 0.338 e. The standard InChI is InChI=1S/C22H32O4/c1-14(2)19(23)22(8,9)25-11-10-21(6,7)26-20(24)18-13-15(3)12-16(4)17(18)5/h12-13H,1,10-11H2,2-9H3. The van der Waals surface area contributed by atoms with Crippen molar-refractivity contribution >= 4 is 11.8 Å². The van der Waals surface area contributed by atoms with E-state index in [0.717, 1.165) is 16.7 Å². The molecule has 0 N–H and O–H groups in total. The number of esters is 1. The van der Waals surface area contributed by atoms with Crippen LogP contribution in [0, 0.1) is 20.8 Å². The van der Waals surface area contributed by atoms with Crippen molar-refractivity contribution < 1.29 is 19.1 Å². The van der Waals surface area contributed by atoms with E-state index in [4.69, 9.17) is 9.47 Å². The lowest BCUT2D eigenvalue weighted by atomic mass is 9.98. The highest BCUT2D eigenvalue weighted by atomic mass is 16.6. The minimum atomic E-state index is -0.934. The van der Waals surface area contributed by atoms with E-state index in [9.17, 15) is 9.59 Å². The minimum absolute atomic E-state index is 0.127. The predicted molar refractivity (Wildman–Crippen MR) is 105 cm³/mol. The largest absolute Gasteiger partial charge is 0.456 e. The van der Waals surface area contributed by atoms with Crippen molar-refractivity contribution in [3.63, 3.8) is 0 Å². The van der Waals surface area contributed by atoms with E-state index in [1.54, 1.807) is 20.8 Å². The Morgan fingerprint density at radius 3 is 2.19 bits per heavy atom. The van der Waals surface area contributed by atoms with Crippen LogP contribution in [0.4, 0.5) is 0 Å². The molecular formula is C22H32O4. The van der Waals surface area contributed by atoms with Crippen LogP contribution in [-0.4, -0.2) is 29.6 Å². The van der Waals surface area contributed by atoms with Crippen LogP contribution in [0.1, 0.15) is 68.1 Å². The highest BCUT2D eigenvalue weighted by molar-refractivity contribution is 6.00. The lowest BCUT2D eigenvalue weighted by Gasteiger charge is -2.29. The van der Waals surface area contributed by atoms with Crippen molar-refractivity contribution in [3.8, 4) is 0 Å². The molecule has 0 aliphatic carbocycles. The third-order valence-electron chi connectivity index (χ3n) is 4.50. The lowest BCUT2D eigenvalue weighted by molar-refractivity contribution is -0.138. The Morgan fingerprint density at radius 1 is 1.08 bits per heavy atom. The van der Waals surface area contributed by atoms with Crippen LogP contribution in [0.5, 0.6) is 0 Å². The van der Waals surface area contributed by atoms with Gasteiger partial charge in [0.2, 0.25) is 0 Å². The second-order valence-corrected chi connectivity index (χ2v) is 8.12. The first kappa shape index (κ1) is 22.1. The number of hydrogen-bond donors (Lipinski definition) is 0. The number of ketones is 1. The molecule has 26 heavy (non-hydrogen) atoms. The van der Waals surface area contributed by atoms with E-state index in [1.165, 1.54) is 0 Å². The number of rotatable bonds is 8. The van der Waals surface area contributed by atoms with E-state index >= 15 is 0 Å². The van der Waals surface area contributed by atoms with E-state index in [2.05, 4.69) is 6.58 Å². The van der Waals surface area contributed by atoms with Crippen LogP contribution >= 0.6 is 0 Å². The molecule has 4 heteroatoms. The van der Waals surface area contributed by atoms with Crippen molar-refractivity contribution in [3.05, 3.63) is 46.5 Å². The number of ether oxygens (including phenoxy) is 2. The normalized spacial score (nSPS) is 12.0. The zero-order valence-corrected chi connectivity index (χ0v) is 17.4. The average Bonchev–Trinajstić information content (AvgIpc) is 2.48. The number of carbonyl (C=O) groups excluding carboxylic acids is 2. The first-order valence-electron chi connectivity index (χ1n) is 8.92. The van der Waals surface area contributed by atoms with Gasteiger partial charge in [-0.1, -0.05) is 12.6 Å². The fourth-order valence-corrected chi connectivity index (χ4v) is 2.74. The fraction of sp³-hybridized carbons (Fsp3) is 0.545. The van der Waals surface area contributed by atoms with Gasteiger partial charge in [-0.15, -0.1) is 0 Å². The summed E-state index contributed by atoms with van der Waals surface area (Å²) in [6.45, 7) is 18.7. The molecule has 0 atom stereocenters. The summed E-state index contributed by atoms with van der Waals surface area (Å²) in [5.74, 6) is -0.463. The summed E-state index contributed by atoms with van der Waals surface area (Å²) in [5, 5.41) is 0. The Hall–Kier alpha value is -1.94. The molecule has 4 nitrogen and oxygen atoms in total. The van der Waals surface area contributed by atoms with E-state index in [-0.39, 0.29) is 11.8 Å². The number of aryl methyl sites for hydroxylation is 2. The summed E-state index contributed by atoms with van der Waals surface area (Å²) < 4.78 is 11.5. The maximum atomic E-state index is 12.6. The molecule has 0 aliphatic heterocycles. The van der Waals surface area contributed by atoms with Gasteiger partial charge < -0.3 is 9.47 Å². The monoisotopic (exact) mass is 360 g/mol. The highest BCUT2D eigenvalue weighted by Crippen LogP contribution is 2.23.